The van der Waals surface area contributed by atoms with Gasteiger partial charge in [-0.3, -0.25) is 9.69 Å². The molecule has 2 aliphatic rings. The van der Waals surface area contributed by atoms with Crippen LogP contribution < -0.4 is 15.4 Å². The van der Waals surface area contributed by atoms with Crippen molar-refractivity contribution in [2.45, 2.75) is 76.9 Å². The Morgan fingerprint density at radius 2 is 1.83 bits per heavy atom. The molecule has 2 aromatic rings. The molecular weight excluding hydrogens is 549 g/mol. The molecule has 0 unspecified atom stereocenters. The number of hydrogen-bond donors (Lipinski definition) is 3. The average molecular weight is 591 g/mol. The van der Waals surface area contributed by atoms with E-state index in [0.29, 0.717) is 31.1 Å². The topological polar surface area (TPSA) is 94.1 Å². The summed E-state index contributed by atoms with van der Waals surface area (Å²) in [5.41, 5.74) is 0.788. The van der Waals surface area contributed by atoms with E-state index in [2.05, 4.69) is 10.6 Å². The molecule has 4 rings (SSSR count). The molecule has 1 heterocycles. The molecule has 0 radical (unpaired) electrons. The van der Waals surface area contributed by atoms with Crippen molar-refractivity contribution < 1.29 is 32.6 Å². The number of nitrogens with one attached hydrogen (secondary N) is 2. The van der Waals surface area contributed by atoms with Crippen molar-refractivity contribution >= 4 is 17.6 Å². The number of anilines is 1. The Labute approximate surface area is 245 Å². The van der Waals surface area contributed by atoms with Gasteiger partial charge in [-0.25, -0.2) is 4.79 Å². The summed E-state index contributed by atoms with van der Waals surface area (Å²) in [6.45, 7) is 4.72. The highest BCUT2D eigenvalue weighted by molar-refractivity contribution is 5.99. The monoisotopic (exact) mass is 590 g/mol. The number of fused-ring (bicyclic) bond motifs is 1. The number of halogens is 3. The van der Waals surface area contributed by atoms with Crippen LogP contribution in [0.15, 0.2) is 42.5 Å². The molecule has 1 aliphatic heterocycles. The first-order chi connectivity index (χ1) is 19.9. The van der Waals surface area contributed by atoms with E-state index in [0.717, 1.165) is 43.4 Å². The summed E-state index contributed by atoms with van der Waals surface area (Å²) in [6.07, 6.45) is 0.513. The highest BCUT2D eigenvalue weighted by atomic mass is 19.4. The molecule has 11 heteroatoms. The van der Waals surface area contributed by atoms with Gasteiger partial charge in [-0.1, -0.05) is 38.3 Å². The van der Waals surface area contributed by atoms with Gasteiger partial charge >= 0.3 is 12.2 Å². The lowest BCUT2D eigenvalue weighted by molar-refractivity contribution is -0.137. The zero-order chi connectivity index (χ0) is 30.4. The fourth-order valence-electron chi connectivity index (χ4n) is 5.60. The zero-order valence-corrected chi connectivity index (χ0v) is 24.4. The molecular formula is C31H41F3N4O4. The number of carbonyl (C=O) groups excluding carboxylic acids is 2. The molecule has 2 aromatic carbocycles. The highest BCUT2D eigenvalue weighted by Crippen LogP contribution is 2.32. The van der Waals surface area contributed by atoms with Gasteiger partial charge in [0, 0.05) is 37.3 Å². The Hall–Kier alpha value is -3.31. The van der Waals surface area contributed by atoms with Crippen molar-refractivity contribution in [3.05, 3.63) is 59.2 Å². The van der Waals surface area contributed by atoms with Crippen molar-refractivity contribution in [2.75, 3.05) is 32.1 Å². The first-order valence-electron chi connectivity index (χ1n) is 14.6. The van der Waals surface area contributed by atoms with Gasteiger partial charge < -0.3 is 25.4 Å². The van der Waals surface area contributed by atoms with Gasteiger partial charge in [0.2, 0.25) is 0 Å². The maximum absolute atomic E-state index is 13.7. The minimum Gasteiger partial charge on any atom is -0.488 e. The number of aliphatic hydroxyl groups excluding tert-OH is 1. The first kappa shape index (κ1) is 31.6. The van der Waals surface area contributed by atoms with Crippen LogP contribution >= 0.6 is 0 Å². The van der Waals surface area contributed by atoms with Crippen LogP contribution in [0.4, 0.5) is 23.7 Å². The largest absolute Gasteiger partial charge is 0.488 e. The number of ether oxygens (including phenoxy) is 1. The van der Waals surface area contributed by atoms with E-state index < -0.39 is 17.8 Å². The lowest BCUT2D eigenvalue weighted by Gasteiger charge is -2.38. The summed E-state index contributed by atoms with van der Waals surface area (Å²) < 4.78 is 45.3. The fraction of sp³-hybridized carbons (Fsp3) is 0.548. The van der Waals surface area contributed by atoms with Crippen LogP contribution in [0.5, 0.6) is 5.75 Å². The second-order valence-corrected chi connectivity index (χ2v) is 11.7. The minimum atomic E-state index is -4.39. The normalized spacial score (nSPS) is 20.8. The van der Waals surface area contributed by atoms with Gasteiger partial charge in [-0.2, -0.15) is 13.2 Å². The van der Waals surface area contributed by atoms with E-state index in [-0.39, 0.29) is 42.2 Å². The number of rotatable bonds is 8. The molecule has 1 fully saturated rings. The summed E-state index contributed by atoms with van der Waals surface area (Å²) in [7, 11) is 1.87. The quantitative estimate of drug-likeness (QED) is 0.377. The van der Waals surface area contributed by atoms with Crippen LogP contribution in [0.1, 0.15) is 67.4 Å². The standard InChI is InChI=1S/C31H41F3N4O4/c1-20-16-38(21(2)19-39)29(40)26-15-25(36-30(41)35-24-7-5-4-6-8-24)13-14-27(26)42-28(20)18-37(3)17-22-9-11-23(12-10-22)31(32,33)34/h9-15,20-21,24,28,39H,4-8,16-19H2,1-3H3,(H2,35,36,41)/t20-,21-,28-/m1/s1. The third-order valence-electron chi connectivity index (χ3n) is 8.09. The third-order valence-corrected chi connectivity index (χ3v) is 8.09. The van der Waals surface area contributed by atoms with Crippen molar-refractivity contribution in [1.82, 2.24) is 15.1 Å². The van der Waals surface area contributed by atoms with Gasteiger partial charge in [0.05, 0.1) is 23.8 Å². The molecule has 1 saturated carbocycles. The van der Waals surface area contributed by atoms with Gasteiger partial charge in [0.1, 0.15) is 11.9 Å². The van der Waals surface area contributed by atoms with Crippen LogP contribution in [0.3, 0.4) is 0 Å². The highest BCUT2D eigenvalue weighted by Gasteiger charge is 2.34. The van der Waals surface area contributed by atoms with Gasteiger partial charge in [0.25, 0.3) is 5.91 Å². The maximum atomic E-state index is 13.7. The third kappa shape index (κ3) is 8.16. The molecule has 8 nitrogen and oxygen atoms in total. The number of hydrogen-bond acceptors (Lipinski definition) is 5. The van der Waals surface area contributed by atoms with E-state index in [9.17, 15) is 27.9 Å². The van der Waals surface area contributed by atoms with E-state index >= 15 is 0 Å². The van der Waals surface area contributed by atoms with Crippen molar-refractivity contribution in [3.8, 4) is 5.75 Å². The molecule has 0 bridgehead atoms. The SMILES string of the molecule is C[C@@H]1CN([C@H](C)CO)C(=O)c2cc(NC(=O)NC3CCCCC3)ccc2O[C@@H]1CN(C)Cc1ccc(C(F)(F)F)cc1. The summed E-state index contributed by atoms with van der Waals surface area (Å²) >= 11 is 0. The predicted octanol–water partition coefficient (Wildman–Crippen LogP) is 5.51. The lowest BCUT2D eigenvalue weighted by Crippen LogP contribution is -2.49. The summed E-state index contributed by atoms with van der Waals surface area (Å²) in [6, 6.07) is 9.45. The number of likely N-dealkylation sites (N-methyl/N-ethyl adjacent to an activating group) is 1. The van der Waals surface area contributed by atoms with Crippen molar-refractivity contribution in [1.29, 1.82) is 0 Å². The van der Waals surface area contributed by atoms with Crippen molar-refractivity contribution in [3.63, 3.8) is 0 Å². The number of alkyl halides is 3. The summed E-state index contributed by atoms with van der Waals surface area (Å²) in [5, 5.41) is 15.8. The molecule has 3 atom stereocenters. The van der Waals surface area contributed by atoms with E-state index in [1.54, 1.807) is 30.0 Å². The lowest BCUT2D eigenvalue weighted by atomic mass is 9.96. The Morgan fingerprint density at radius 1 is 1.14 bits per heavy atom. The second kappa shape index (κ2) is 13.8. The van der Waals surface area contributed by atoms with Crippen molar-refractivity contribution in [2.24, 2.45) is 5.92 Å². The summed E-state index contributed by atoms with van der Waals surface area (Å²) in [4.78, 5) is 29.9. The molecule has 0 spiro atoms. The molecule has 0 saturated heterocycles. The Balaban J connectivity index is 1.51. The van der Waals surface area contributed by atoms with Gasteiger partial charge in [-0.15, -0.1) is 0 Å². The fourth-order valence-corrected chi connectivity index (χ4v) is 5.60. The van der Waals surface area contributed by atoms with Crippen LogP contribution in [0.2, 0.25) is 0 Å². The molecule has 1 aliphatic carbocycles. The average Bonchev–Trinajstić information content (AvgIpc) is 2.95. The van der Waals surface area contributed by atoms with Crippen LogP contribution in [0, 0.1) is 5.92 Å². The van der Waals surface area contributed by atoms with E-state index in [1.807, 2.05) is 18.9 Å². The Kier molecular flexibility index (Phi) is 10.4. The summed E-state index contributed by atoms with van der Waals surface area (Å²) in [5.74, 6) is -0.0515. The van der Waals surface area contributed by atoms with E-state index in [4.69, 9.17) is 4.74 Å². The van der Waals surface area contributed by atoms with Crippen LogP contribution in [-0.4, -0.2) is 71.8 Å². The molecule has 3 N–H and O–H groups in total. The van der Waals surface area contributed by atoms with Crippen LogP contribution in [-0.2, 0) is 12.7 Å². The Morgan fingerprint density at radius 3 is 2.48 bits per heavy atom. The first-order valence-corrected chi connectivity index (χ1v) is 14.6. The van der Waals surface area contributed by atoms with E-state index in [1.165, 1.54) is 18.6 Å². The number of carbonyl (C=O) groups is 2. The van der Waals surface area contributed by atoms with Gasteiger partial charge in [0.15, 0.2) is 0 Å². The molecule has 3 amide bonds. The number of aliphatic hydroxyl groups is 1. The number of nitrogens with zero attached hydrogens (tertiary/aromatic N) is 2. The van der Waals surface area contributed by atoms with Gasteiger partial charge in [-0.05, 0) is 62.7 Å². The van der Waals surface area contributed by atoms with Crippen LogP contribution in [0.25, 0.3) is 0 Å². The molecule has 42 heavy (non-hydrogen) atoms. The number of benzene rings is 2. The zero-order valence-electron chi connectivity index (χ0n) is 24.4. The molecule has 230 valence electrons. The molecule has 0 aromatic heterocycles. The minimum absolute atomic E-state index is 0.120. The maximum Gasteiger partial charge on any atom is 0.416 e. The number of amides is 3. The Bertz CT molecular complexity index is 1220. The predicted molar refractivity (Wildman–Crippen MR) is 154 cm³/mol. The smallest absolute Gasteiger partial charge is 0.416 e. The number of urea groups is 1. The second-order valence-electron chi connectivity index (χ2n) is 11.7.